The number of aryl methyl sites for hydroxylation is 1. The summed E-state index contributed by atoms with van der Waals surface area (Å²) in [5, 5.41) is 0.494. The number of hydrogen-bond donors (Lipinski definition) is 0. The van der Waals surface area contributed by atoms with Gasteiger partial charge in [0, 0.05) is 24.8 Å². The molecule has 1 aliphatic rings. The first-order valence-corrected chi connectivity index (χ1v) is 9.79. The number of methoxy groups -OCH3 is 2. The number of ether oxygens (including phenoxy) is 2. The van der Waals surface area contributed by atoms with Gasteiger partial charge >= 0.3 is 0 Å². The molecule has 30 heavy (non-hydrogen) atoms. The van der Waals surface area contributed by atoms with E-state index < -0.39 is 18.2 Å². The standard InChI is InChI=1S/C22H23ClN2O5/c1-14-6-4-5-7-17(14)21(27)24(13-20(29-2)30-3)18-12-19(26)25(22(18)28)16-10-8-15(23)9-11-16/h4-11,18,20H,12-13H2,1-3H3. The van der Waals surface area contributed by atoms with Crippen LogP contribution in [-0.4, -0.2) is 55.7 Å². The number of hydrogen-bond acceptors (Lipinski definition) is 5. The van der Waals surface area contributed by atoms with E-state index >= 15 is 0 Å². The Balaban J connectivity index is 1.96. The van der Waals surface area contributed by atoms with Crippen molar-refractivity contribution in [3.8, 4) is 0 Å². The van der Waals surface area contributed by atoms with Gasteiger partial charge in [-0.3, -0.25) is 14.4 Å². The Kier molecular flexibility index (Phi) is 6.87. The zero-order valence-electron chi connectivity index (χ0n) is 17.0. The van der Waals surface area contributed by atoms with E-state index in [9.17, 15) is 14.4 Å². The van der Waals surface area contributed by atoms with Crippen LogP contribution in [0.4, 0.5) is 5.69 Å². The van der Waals surface area contributed by atoms with Crippen LogP contribution in [0.2, 0.25) is 5.02 Å². The number of amides is 3. The number of rotatable bonds is 7. The van der Waals surface area contributed by atoms with Crippen molar-refractivity contribution >= 4 is 35.0 Å². The Morgan fingerprint density at radius 1 is 1.13 bits per heavy atom. The topological polar surface area (TPSA) is 76.2 Å². The van der Waals surface area contributed by atoms with Crippen molar-refractivity contribution in [2.45, 2.75) is 25.7 Å². The fraction of sp³-hybridized carbons (Fsp3) is 0.318. The van der Waals surface area contributed by atoms with Crippen molar-refractivity contribution in [3.63, 3.8) is 0 Å². The molecule has 158 valence electrons. The van der Waals surface area contributed by atoms with Crippen molar-refractivity contribution in [2.24, 2.45) is 0 Å². The van der Waals surface area contributed by atoms with E-state index in [-0.39, 0.29) is 24.8 Å². The Hall–Kier alpha value is -2.74. The molecule has 0 saturated carbocycles. The van der Waals surface area contributed by atoms with Gasteiger partial charge in [-0.2, -0.15) is 0 Å². The molecule has 0 aromatic heterocycles. The van der Waals surface area contributed by atoms with Gasteiger partial charge in [-0.25, -0.2) is 4.90 Å². The molecule has 0 bridgehead atoms. The van der Waals surface area contributed by atoms with E-state index in [1.54, 1.807) is 36.4 Å². The molecule has 1 fully saturated rings. The predicted octanol–water partition coefficient (Wildman–Crippen LogP) is 3.04. The van der Waals surface area contributed by atoms with Gasteiger partial charge < -0.3 is 14.4 Å². The number of halogens is 1. The van der Waals surface area contributed by atoms with Gasteiger partial charge in [-0.15, -0.1) is 0 Å². The maximum absolute atomic E-state index is 13.4. The van der Waals surface area contributed by atoms with Crippen LogP contribution in [0.3, 0.4) is 0 Å². The van der Waals surface area contributed by atoms with E-state index in [4.69, 9.17) is 21.1 Å². The fourth-order valence-electron chi connectivity index (χ4n) is 3.45. The Labute approximate surface area is 180 Å². The molecule has 1 heterocycles. The molecule has 8 heteroatoms. The van der Waals surface area contributed by atoms with Gasteiger partial charge in [-0.05, 0) is 42.8 Å². The molecule has 0 radical (unpaired) electrons. The number of anilines is 1. The van der Waals surface area contributed by atoms with Crippen LogP contribution in [0, 0.1) is 6.92 Å². The Morgan fingerprint density at radius 2 is 1.77 bits per heavy atom. The minimum atomic E-state index is -0.965. The van der Waals surface area contributed by atoms with Crippen molar-refractivity contribution in [2.75, 3.05) is 25.7 Å². The van der Waals surface area contributed by atoms with Gasteiger partial charge in [0.15, 0.2) is 6.29 Å². The molecule has 3 amide bonds. The van der Waals surface area contributed by atoms with Gasteiger partial charge in [0.1, 0.15) is 6.04 Å². The van der Waals surface area contributed by atoms with Crippen LogP contribution < -0.4 is 4.90 Å². The molecular weight excluding hydrogens is 408 g/mol. The average molecular weight is 431 g/mol. The summed E-state index contributed by atoms with van der Waals surface area (Å²) in [4.78, 5) is 41.7. The van der Waals surface area contributed by atoms with E-state index in [1.165, 1.54) is 19.1 Å². The second kappa shape index (κ2) is 9.38. The lowest BCUT2D eigenvalue weighted by Gasteiger charge is -2.30. The maximum atomic E-state index is 13.4. The zero-order valence-corrected chi connectivity index (χ0v) is 17.8. The van der Waals surface area contributed by atoms with Crippen LogP contribution in [-0.2, 0) is 19.1 Å². The molecule has 0 spiro atoms. The molecule has 0 N–H and O–H groups in total. The molecule has 1 unspecified atom stereocenters. The summed E-state index contributed by atoms with van der Waals surface area (Å²) in [6, 6.07) is 12.5. The molecule has 3 rings (SSSR count). The van der Waals surface area contributed by atoms with Gasteiger partial charge in [0.2, 0.25) is 5.91 Å². The molecule has 7 nitrogen and oxygen atoms in total. The second-order valence-corrected chi connectivity index (χ2v) is 7.37. The van der Waals surface area contributed by atoms with Crippen molar-refractivity contribution < 1.29 is 23.9 Å². The third-order valence-electron chi connectivity index (χ3n) is 5.09. The summed E-state index contributed by atoms with van der Waals surface area (Å²) < 4.78 is 10.5. The molecule has 2 aromatic carbocycles. The minimum absolute atomic E-state index is 0.00167. The SMILES string of the molecule is COC(CN(C(=O)c1ccccc1C)C1CC(=O)N(c2ccc(Cl)cc2)C1=O)OC. The van der Waals surface area contributed by atoms with E-state index in [1.807, 2.05) is 19.1 Å². The van der Waals surface area contributed by atoms with Crippen molar-refractivity contribution in [1.29, 1.82) is 0 Å². The quantitative estimate of drug-likeness (QED) is 0.498. The largest absolute Gasteiger partial charge is 0.354 e. The highest BCUT2D eigenvalue weighted by molar-refractivity contribution is 6.31. The van der Waals surface area contributed by atoms with Crippen LogP contribution in [0.15, 0.2) is 48.5 Å². The Bertz CT molecular complexity index is 943. The fourth-order valence-corrected chi connectivity index (χ4v) is 3.57. The highest BCUT2D eigenvalue weighted by atomic mass is 35.5. The third kappa shape index (κ3) is 4.38. The molecule has 1 atom stereocenters. The summed E-state index contributed by atoms with van der Waals surface area (Å²) >= 11 is 5.91. The molecule has 1 aliphatic heterocycles. The number of imide groups is 1. The summed E-state index contributed by atoms with van der Waals surface area (Å²) in [6.07, 6.45) is -0.871. The number of benzene rings is 2. The van der Waals surface area contributed by atoms with Gasteiger partial charge in [-0.1, -0.05) is 29.8 Å². The molecule has 0 aliphatic carbocycles. The predicted molar refractivity (Wildman–Crippen MR) is 112 cm³/mol. The van der Waals surface area contributed by atoms with E-state index in [0.29, 0.717) is 16.3 Å². The normalized spacial score (nSPS) is 16.4. The van der Waals surface area contributed by atoms with Gasteiger partial charge in [0.05, 0.1) is 18.7 Å². The summed E-state index contributed by atoms with van der Waals surface area (Å²) in [6.45, 7) is 1.81. The summed E-state index contributed by atoms with van der Waals surface area (Å²) in [5.74, 6) is -1.23. The van der Waals surface area contributed by atoms with Crippen LogP contribution >= 0.6 is 11.6 Å². The number of carbonyl (C=O) groups is 3. The third-order valence-corrected chi connectivity index (χ3v) is 5.34. The zero-order chi connectivity index (χ0) is 21.8. The average Bonchev–Trinajstić information content (AvgIpc) is 3.03. The first-order valence-electron chi connectivity index (χ1n) is 9.42. The minimum Gasteiger partial charge on any atom is -0.354 e. The van der Waals surface area contributed by atoms with Crippen LogP contribution in [0.1, 0.15) is 22.3 Å². The monoisotopic (exact) mass is 430 g/mol. The highest BCUT2D eigenvalue weighted by Gasteiger charge is 2.45. The smallest absolute Gasteiger partial charge is 0.257 e. The van der Waals surface area contributed by atoms with Crippen LogP contribution in [0.25, 0.3) is 0 Å². The van der Waals surface area contributed by atoms with Crippen molar-refractivity contribution in [1.82, 2.24) is 4.90 Å². The lowest BCUT2D eigenvalue weighted by molar-refractivity contribution is -0.128. The van der Waals surface area contributed by atoms with Crippen molar-refractivity contribution in [3.05, 3.63) is 64.7 Å². The molecular formula is C22H23ClN2O5. The second-order valence-electron chi connectivity index (χ2n) is 6.94. The molecule has 1 saturated heterocycles. The molecule has 2 aromatic rings. The van der Waals surface area contributed by atoms with Gasteiger partial charge in [0.25, 0.3) is 11.8 Å². The highest BCUT2D eigenvalue weighted by Crippen LogP contribution is 2.28. The summed E-state index contributed by atoms with van der Waals surface area (Å²) in [7, 11) is 2.90. The number of carbonyl (C=O) groups excluding carboxylic acids is 3. The first-order chi connectivity index (χ1) is 14.4. The maximum Gasteiger partial charge on any atom is 0.257 e. The van der Waals surface area contributed by atoms with E-state index in [0.717, 1.165) is 10.5 Å². The summed E-state index contributed by atoms with van der Waals surface area (Å²) in [5.41, 5.74) is 1.63. The van der Waals surface area contributed by atoms with Crippen LogP contribution in [0.5, 0.6) is 0 Å². The lowest BCUT2D eigenvalue weighted by Crippen LogP contribution is -2.49. The Morgan fingerprint density at radius 3 is 2.37 bits per heavy atom. The lowest BCUT2D eigenvalue weighted by atomic mass is 10.1. The number of nitrogens with zero attached hydrogens (tertiary/aromatic N) is 2. The van der Waals surface area contributed by atoms with E-state index in [2.05, 4.69) is 0 Å². The first kappa shape index (κ1) is 22.0.